The first-order chi connectivity index (χ1) is 20.8. The van der Waals surface area contributed by atoms with Crippen molar-refractivity contribution >= 4 is 28.6 Å². The largest absolute Gasteiger partial charge is 0.383 e. The van der Waals surface area contributed by atoms with Gasteiger partial charge in [-0.05, 0) is 79.3 Å². The zero-order valence-electron chi connectivity index (χ0n) is 24.6. The van der Waals surface area contributed by atoms with Crippen LogP contribution in [0.15, 0.2) is 79.0 Å². The zero-order valence-corrected chi connectivity index (χ0v) is 24.6. The van der Waals surface area contributed by atoms with Crippen LogP contribution in [0, 0.1) is 5.92 Å². The first-order valence-electron chi connectivity index (χ1n) is 14.9. The summed E-state index contributed by atoms with van der Waals surface area (Å²) in [6.45, 7) is 6.07. The number of nitrogens with two attached hydrogens (primary N) is 2. The fourth-order valence-corrected chi connectivity index (χ4v) is 6.35. The summed E-state index contributed by atoms with van der Waals surface area (Å²) in [5.41, 5.74) is 19.9. The van der Waals surface area contributed by atoms with Gasteiger partial charge in [-0.3, -0.25) is 9.36 Å². The molecule has 1 saturated carbocycles. The number of hydrogen-bond acceptors (Lipinski definition) is 7. The van der Waals surface area contributed by atoms with E-state index in [0.29, 0.717) is 24.2 Å². The Morgan fingerprint density at radius 2 is 1.77 bits per heavy atom. The summed E-state index contributed by atoms with van der Waals surface area (Å²) < 4.78 is 2.06. The van der Waals surface area contributed by atoms with E-state index in [4.69, 9.17) is 21.4 Å². The van der Waals surface area contributed by atoms with Crippen molar-refractivity contribution < 1.29 is 4.79 Å². The lowest BCUT2D eigenvalue weighted by atomic mass is 9.73. The molecule has 1 amide bonds. The van der Waals surface area contributed by atoms with Gasteiger partial charge >= 0.3 is 0 Å². The molecule has 1 atom stereocenters. The van der Waals surface area contributed by atoms with Crippen LogP contribution >= 0.6 is 0 Å². The molecule has 2 aliphatic rings. The Morgan fingerprint density at radius 1 is 0.953 bits per heavy atom. The highest BCUT2D eigenvalue weighted by Gasteiger charge is 2.34. The smallest absolute Gasteiger partial charge is 0.220 e. The van der Waals surface area contributed by atoms with E-state index in [2.05, 4.69) is 69.9 Å². The number of hydrogen-bond donors (Lipinski definition) is 2. The predicted octanol–water partition coefficient (Wildman–Crippen LogP) is 5.33. The normalized spacial score (nSPS) is 18.1. The molecular weight excluding hydrogens is 536 g/mol. The van der Waals surface area contributed by atoms with Crippen molar-refractivity contribution in [3.63, 3.8) is 0 Å². The molecule has 0 bridgehead atoms. The van der Waals surface area contributed by atoms with E-state index in [1.54, 1.807) is 13.1 Å². The van der Waals surface area contributed by atoms with Crippen LogP contribution in [0.4, 0.5) is 11.5 Å². The molecule has 2 fully saturated rings. The lowest BCUT2D eigenvalue weighted by molar-refractivity contribution is -0.130. The van der Waals surface area contributed by atoms with Gasteiger partial charge in [-0.15, -0.1) is 0 Å². The van der Waals surface area contributed by atoms with Gasteiger partial charge in [-0.1, -0.05) is 31.2 Å². The van der Waals surface area contributed by atoms with Gasteiger partial charge in [0.15, 0.2) is 11.5 Å². The van der Waals surface area contributed by atoms with Gasteiger partial charge in [0.2, 0.25) is 5.91 Å². The van der Waals surface area contributed by atoms with Crippen molar-refractivity contribution in [3.05, 3.63) is 84.6 Å². The van der Waals surface area contributed by atoms with Crippen LogP contribution in [0.5, 0.6) is 0 Å². The molecule has 1 aliphatic carbocycles. The molecule has 9 heteroatoms. The first-order valence-corrected chi connectivity index (χ1v) is 14.9. The molecule has 218 valence electrons. The molecule has 7 rings (SSSR count). The van der Waals surface area contributed by atoms with Crippen molar-refractivity contribution in [3.8, 4) is 28.3 Å². The number of imidazole rings is 1. The Hall–Kier alpha value is -4.76. The highest BCUT2D eigenvalue weighted by atomic mass is 16.2. The predicted molar refractivity (Wildman–Crippen MR) is 170 cm³/mol. The molecule has 2 aromatic carbocycles. The summed E-state index contributed by atoms with van der Waals surface area (Å²) in [5, 5.41) is 0. The van der Waals surface area contributed by atoms with E-state index in [0.717, 1.165) is 77.3 Å². The Morgan fingerprint density at radius 3 is 2.49 bits per heavy atom. The van der Waals surface area contributed by atoms with Gasteiger partial charge in [0, 0.05) is 48.7 Å². The number of aromatic nitrogens is 4. The fraction of sp³-hybridized carbons (Fsp3) is 0.294. The highest BCUT2D eigenvalue weighted by Crippen LogP contribution is 2.39. The molecule has 4 N–H and O–H groups in total. The number of amides is 1. The van der Waals surface area contributed by atoms with Gasteiger partial charge < -0.3 is 21.3 Å². The summed E-state index contributed by atoms with van der Waals surface area (Å²) in [6.07, 6.45) is 4.85. The van der Waals surface area contributed by atoms with Crippen molar-refractivity contribution in [1.82, 2.24) is 24.4 Å². The monoisotopic (exact) mass is 572 g/mol. The summed E-state index contributed by atoms with van der Waals surface area (Å²) in [5.74, 6) is 1.58. The van der Waals surface area contributed by atoms with Crippen LogP contribution in [0.2, 0.25) is 0 Å². The second-order valence-corrected chi connectivity index (χ2v) is 12.1. The quantitative estimate of drug-likeness (QED) is 0.292. The Bertz CT molecular complexity index is 1820. The van der Waals surface area contributed by atoms with E-state index in [9.17, 15) is 4.79 Å². The van der Waals surface area contributed by atoms with Gasteiger partial charge in [-0.25, -0.2) is 15.0 Å². The molecule has 0 spiro atoms. The second kappa shape index (κ2) is 10.5. The van der Waals surface area contributed by atoms with Crippen molar-refractivity contribution in [2.24, 2.45) is 11.7 Å². The molecule has 1 unspecified atom stereocenters. The van der Waals surface area contributed by atoms with Crippen molar-refractivity contribution in [2.45, 2.75) is 38.6 Å². The minimum atomic E-state index is -0.240. The number of pyridine rings is 2. The van der Waals surface area contributed by atoms with Crippen LogP contribution in [-0.2, 0) is 10.3 Å². The molecule has 3 aromatic heterocycles. The number of anilines is 2. The lowest BCUT2D eigenvalue weighted by Gasteiger charge is -2.40. The first kappa shape index (κ1) is 27.1. The van der Waals surface area contributed by atoms with Gasteiger partial charge in [0.1, 0.15) is 11.3 Å². The number of carbonyl (C=O) groups excluding carboxylic acids is 1. The molecule has 1 saturated heterocycles. The number of rotatable bonds is 5. The third-order valence-corrected chi connectivity index (χ3v) is 8.89. The summed E-state index contributed by atoms with van der Waals surface area (Å²) >= 11 is 0. The van der Waals surface area contributed by atoms with E-state index >= 15 is 0 Å². The van der Waals surface area contributed by atoms with E-state index in [1.807, 2.05) is 29.2 Å². The van der Waals surface area contributed by atoms with Gasteiger partial charge in [0.25, 0.3) is 0 Å². The molecule has 1 aliphatic heterocycles. The Labute approximate surface area is 251 Å². The summed E-state index contributed by atoms with van der Waals surface area (Å²) in [7, 11) is 0. The van der Waals surface area contributed by atoms with E-state index in [-0.39, 0.29) is 11.4 Å². The number of benzene rings is 2. The zero-order chi connectivity index (χ0) is 29.7. The summed E-state index contributed by atoms with van der Waals surface area (Å²) in [4.78, 5) is 30.8. The number of carbonyl (C=O) groups is 1. The van der Waals surface area contributed by atoms with Gasteiger partial charge in [0.05, 0.1) is 17.9 Å². The van der Waals surface area contributed by atoms with Crippen LogP contribution in [0.25, 0.3) is 39.5 Å². The van der Waals surface area contributed by atoms with Crippen LogP contribution in [-0.4, -0.2) is 50.1 Å². The fourth-order valence-electron chi connectivity index (χ4n) is 6.35. The van der Waals surface area contributed by atoms with Crippen molar-refractivity contribution in [2.75, 3.05) is 30.4 Å². The summed E-state index contributed by atoms with van der Waals surface area (Å²) in [6, 6.07) is 24.6. The Balaban J connectivity index is 1.32. The van der Waals surface area contributed by atoms with E-state index < -0.39 is 0 Å². The topological polar surface area (TPSA) is 119 Å². The SMILES string of the molecule is CC(=O)N1CC(C)CN(c2cccc(-c3ccc4nc(-c5cccnc5N)n(-c5ccc(C6(N)CCC6)cc5)c4n3)c2)C1. The number of nitrogens with zero attached hydrogens (tertiary/aromatic N) is 6. The molecular formula is C34H36N8O. The second-order valence-electron chi connectivity index (χ2n) is 12.1. The third kappa shape index (κ3) is 4.89. The molecule has 9 nitrogen and oxygen atoms in total. The van der Waals surface area contributed by atoms with Gasteiger partial charge in [-0.2, -0.15) is 0 Å². The Kier molecular flexibility index (Phi) is 6.62. The van der Waals surface area contributed by atoms with Crippen molar-refractivity contribution in [1.29, 1.82) is 0 Å². The maximum Gasteiger partial charge on any atom is 0.220 e. The maximum absolute atomic E-state index is 12.2. The molecule has 5 aromatic rings. The minimum Gasteiger partial charge on any atom is -0.383 e. The van der Waals surface area contributed by atoms with E-state index in [1.165, 1.54) is 0 Å². The highest BCUT2D eigenvalue weighted by molar-refractivity contribution is 5.85. The molecule has 43 heavy (non-hydrogen) atoms. The third-order valence-electron chi connectivity index (χ3n) is 8.89. The number of nitrogen functional groups attached to an aromatic ring is 1. The minimum absolute atomic E-state index is 0.0977. The molecule has 4 heterocycles. The van der Waals surface area contributed by atoms with Crippen LogP contribution in [0.1, 0.15) is 38.7 Å². The average molecular weight is 573 g/mol. The van der Waals surface area contributed by atoms with Crippen LogP contribution < -0.4 is 16.4 Å². The number of fused-ring (bicyclic) bond motifs is 1. The molecule has 0 radical (unpaired) electrons. The van der Waals surface area contributed by atoms with Crippen LogP contribution in [0.3, 0.4) is 0 Å². The average Bonchev–Trinajstić information content (AvgIpc) is 3.38. The maximum atomic E-state index is 12.2. The lowest BCUT2D eigenvalue weighted by Crippen LogP contribution is -2.50. The standard InChI is InChI=1S/C34H36N8O/c1-22-19-40(23(2)43)21-41(20-22)27-7-3-6-24(18-27)29-13-14-30-33(38-29)42(32(39-30)28-8-4-17-37-31(28)35)26-11-9-25(10-12-26)34(36)15-5-16-34/h3-4,6-14,17-18,22H,5,15-16,19-21,36H2,1-2H3,(H2,35,37).